The van der Waals surface area contributed by atoms with Crippen molar-refractivity contribution in [3.05, 3.63) is 53.4 Å². The molecule has 1 spiro atoms. The van der Waals surface area contributed by atoms with E-state index in [0.717, 1.165) is 42.8 Å². The molecule has 0 N–H and O–H groups in total. The smallest absolute Gasteiger partial charge is 0.234 e. The number of hydrogen-bond acceptors (Lipinski definition) is 3. The maximum atomic E-state index is 13.7. The summed E-state index contributed by atoms with van der Waals surface area (Å²) >= 11 is 0. The summed E-state index contributed by atoms with van der Waals surface area (Å²) in [6, 6.07) is 10.4. The van der Waals surface area contributed by atoms with Crippen molar-refractivity contribution in [2.45, 2.75) is 43.9 Å². The molecule has 1 aromatic heterocycles. The lowest BCUT2D eigenvalue weighted by molar-refractivity contribution is -0.146. The second-order valence-corrected chi connectivity index (χ2v) is 7.85. The van der Waals surface area contributed by atoms with E-state index in [4.69, 9.17) is 4.52 Å². The second-order valence-electron chi connectivity index (χ2n) is 7.85. The van der Waals surface area contributed by atoms with Crippen LogP contribution in [0.25, 0.3) is 0 Å². The van der Waals surface area contributed by atoms with Gasteiger partial charge in [-0.1, -0.05) is 42.4 Å². The van der Waals surface area contributed by atoms with Crippen molar-refractivity contribution in [1.29, 1.82) is 0 Å². The van der Waals surface area contributed by atoms with Crippen molar-refractivity contribution in [2.75, 3.05) is 13.1 Å². The van der Waals surface area contributed by atoms with E-state index in [0.29, 0.717) is 6.42 Å². The van der Waals surface area contributed by atoms with Crippen LogP contribution < -0.4 is 0 Å². The van der Waals surface area contributed by atoms with Gasteiger partial charge in [0.25, 0.3) is 0 Å². The van der Waals surface area contributed by atoms with Crippen LogP contribution in [-0.4, -0.2) is 29.1 Å². The maximum Gasteiger partial charge on any atom is 0.234 e. The Morgan fingerprint density at radius 1 is 1.29 bits per heavy atom. The standard InChI is InChI=1S/C20H22N2O2/c1-3-22-10-9-19-13-18(19,2)16-14(12-21-24-16)11-20(19,17(22)23)15-7-5-4-6-8-15/h4-8,12H,3,9-11,13H2,1-2H3/t18-,19?,20-/m0/s1. The third-order valence-corrected chi connectivity index (χ3v) is 7.11. The maximum absolute atomic E-state index is 13.7. The highest BCUT2D eigenvalue weighted by Gasteiger charge is 2.81. The minimum Gasteiger partial charge on any atom is -0.361 e. The van der Waals surface area contributed by atoms with E-state index >= 15 is 0 Å². The Labute approximate surface area is 141 Å². The predicted octanol–water partition coefficient (Wildman–Crippen LogP) is 3.07. The molecule has 1 unspecified atom stereocenters. The molecule has 4 heteroatoms. The SMILES string of the molecule is CCN1CCC23C[C@@]2(C)c2oncc2C[C@]3(c2ccccc2)C1=O. The van der Waals surface area contributed by atoms with Gasteiger partial charge in [0.05, 0.1) is 11.6 Å². The van der Waals surface area contributed by atoms with Gasteiger partial charge in [0, 0.05) is 29.5 Å². The molecule has 2 heterocycles. The molecule has 1 aromatic carbocycles. The summed E-state index contributed by atoms with van der Waals surface area (Å²) in [4.78, 5) is 15.7. The van der Waals surface area contributed by atoms with Crippen molar-refractivity contribution in [1.82, 2.24) is 10.1 Å². The minimum atomic E-state index is -0.476. The first-order valence-electron chi connectivity index (χ1n) is 8.88. The van der Waals surface area contributed by atoms with E-state index in [-0.39, 0.29) is 16.7 Å². The molecule has 0 bridgehead atoms. The zero-order valence-corrected chi connectivity index (χ0v) is 14.2. The summed E-state index contributed by atoms with van der Waals surface area (Å²) in [6.45, 7) is 5.97. The van der Waals surface area contributed by atoms with Crippen LogP contribution in [0.4, 0.5) is 0 Å². The monoisotopic (exact) mass is 322 g/mol. The first-order valence-corrected chi connectivity index (χ1v) is 8.88. The van der Waals surface area contributed by atoms with Gasteiger partial charge in [-0.15, -0.1) is 0 Å². The third-order valence-electron chi connectivity index (χ3n) is 7.11. The van der Waals surface area contributed by atoms with E-state index < -0.39 is 5.41 Å². The molecule has 3 atom stereocenters. The number of carbonyl (C=O) groups is 1. The van der Waals surface area contributed by atoms with E-state index in [1.54, 1.807) is 0 Å². The fourth-order valence-corrected chi connectivity index (χ4v) is 5.86. The van der Waals surface area contributed by atoms with Gasteiger partial charge in [0.1, 0.15) is 5.76 Å². The summed E-state index contributed by atoms with van der Waals surface area (Å²) in [5.41, 5.74) is 1.69. The molecule has 24 heavy (non-hydrogen) atoms. The zero-order chi connectivity index (χ0) is 16.6. The zero-order valence-electron chi connectivity index (χ0n) is 14.2. The summed E-state index contributed by atoms with van der Waals surface area (Å²) in [5, 5.41) is 4.07. The Hall–Kier alpha value is -2.10. The van der Waals surface area contributed by atoms with Crippen LogP contribution in [0.1, 0.15) is 43.6 Å². The van der Waals surface area contributed by atoms with Crippen LogP contribution in [0.2, 0.25) is 0 Å². The molecule has 2 aromatic rings. The molecule has 2 fully saturated rings. The number of nitrogens with zero attached hydrogens (tertiary/aromatic N) is 2. The van der Waals surface area contributed by atoms with Crippen LogP contribution in [0.3, 0.4) is 0 Å². The molecular formula is C20H22N2O2. The third kappa shape index (κ3) is 1.34. The highest BCUT2D eigenvalue weighted by Crippen LogP contribution is 2.78. The van der Waals surface area contributed by atoms with E-state index in [9.17, 15) is 4.79 Å². The molecule has 124 valence electrons. The molecule has 2 aliphatic carbocycles. The number of carbonyl (C=O) groups excluding carboxylic acids is 1. The Bertz CT molecular complexity index is 829. The topological polar surface area (TPSA) is 46.3 Å². The number of hydrogen-bond donors (Lipinski definition) is 0. The van der Waals surface area contributed by atoms with Crippen molar-refractivity contribution in [2.24, 2.45) is 5.41 Å². The average molecular weight is 322 g/mol. The number of benzene rings is 1. The summed E-state index contributed by atoms with van der Waals surface area (Å²) in [7, 11) is 0. The highest BCUT2D eigenvalue weighted by molar-refractivity contribution is 5.93. The molecule has 1 amide bonds. The lowest BCUT2D eigenvalue weighted by Gasteiger charge is -2.51. The Balaban J connectivity index is 1.80. The molecule has 1 saturated heterocycles. The Morgan fingerprint density at radius 2 is 2.08 bits per heavy atom. The fourth-order valence-electron chi connectivity index (χ4n) is 5.86. The van der Waals surface area contributed by atoms with Gasteiger partial charge >= 0.3 is 0 Å². The normalized spacial score (nSPS) is 36.8. The van der Waals surface area contributed by atoms with Gasteiger partial charge in [-0.25, -0.2) is 0 Å². The number of piperidine rings is 1. The fraction of sp³-hybridized carbons (Fsp3) is 0.500. The molecule has 0 radical (unpaired) electrons. The quantitative estimate of drug-likeness (QED) is 0.853. The highest BCUT2D eigenvalue weighted by atomic mass is 16.5. The number of rotatable bonds is 2. The van der Waals surface area contributed by atoms with E-state index in [1.165, 1.54) is 0 Å². The van der Waals surface area contributed by atoms with Crippen LogP contribution >= 0.6 is 0 Å². The van der Waals surface area contributed by atoms with Gasteiger partial charge in [0.2, 0.25) is 5.91 Å². The van der Waals surface area contributed by atoms with Gasteiger partial charge in [-0.2, -0.15) is 0 Å². The lowest BCUT2D eigenvalue weighted by Crippen LogP contribution is -2.61. The van der Waals surface area contributed by atoms with E-state index in [2.05, 4.69) is 43.3 Å². The molecule has 1 saturated carbocycles. The predicted molar refractivity (Wildman–Crippen MR) is 89.6 cm³/mol. The van der Waals surface area contributed by atoms with Crippen molar-refractivity contribution in [3.63, 3.8) is 0 Å². The van der Waals surface area contributed by atoms with Gasteiger partial charge < -0.3 is 9.42 Å². The number of aromatic nitrogens is 1. The van der Waals surface area contributed by atoms with Crippen LogP contribution in [0.5, 0.6) is 0 Å². The van der Waals surface area contributed by atoms with Gasteiger partial charge in [-0.05, 0) is 31.7 Å². The Morgan fingerprint density at radius 3 is 2.83 bits per heavy atom. The Kier molecular flexibility index (Phi) is 2.55. The number of likely N-dealkylation sites (tertiary alicyclic amines) is 1. The van der Waals surface area contributed by atoms with Gasteiger partial charge in [0.15, 0.2) is 0 Å². The van der Waals surface area contributed by atoms with E-state index in [1.807, 2.05) is 17.2 Å². The summed E-state index contributed by atoms with van der Waals surface area (Å²) < 4.78 is 5.65. The molecule has 1 aliphatic heterocycles. The van der Waals surface area contributed by atoms with Crippen LogP contribution in [0, 0.1) is 5.41 Å². The van der Waals surface area contributed by atoms with Crippen molar-refractivity contribution >= 4 is 5.91 Å². The largest absolute Gasteiger partial charge is 0.361 e. The molecule has 3 aliphatic rings. The van der Waals surface area contributed by atoms with Gasteiger partial charge in [-0.3, -0.25) is 4.79 Å². The molecule has 4 nitrogen and oxygen atoms in total. The van der Waals surface area contributed by atoms with Crippen molar-refractivity contribution in [3.8, 4) is 0 Å². The first-order chi connectivity index (χ1) is 11.6. The van der Waals surface area contributed by atoms with Crippen LogP contribution in [-0.2, 0) is 22.0 Å². The summed E-state index contributed by atoms with van der Waals surface area (Å²) in [6.07, 6.45) is 4.59. The number of fused-ring (bicyclic) bond motifs is 2. The van der Waals surface area contributed by atoms with Crippen molar-refractivity contribution < 1.29 is 9.32 Å². The second kappa shape index (κ2) is 4.29. The molecule has 5 rings (SSSR count). The summed E-state index contributed by atoms with van der Waals surface area (Å²) in [5.74, 6) is 1.31. The number of amides is 1. The average Bonchev–Trinajstić information content (AvgIpc) is 2.98. The number of likely N-dealkylation sites (N-methyl/N-ethyl adjacent to an activating group) is 1. The lowest BCUT2D eigenvalue weighted by atomic mass is 9.55. The minimum absolute atomic E-state index is 0.0311. The van der Waals surface area contributed by atoms with Crippen LogP contribution in [0.15, 0.2) is 41.1 Å². The first kappa shape index (κ1) is 14.3. The molecular weight excluding hydrogens is 300 g/mol.